The SMILES string of the molecule is Cc1cc([N+](=O)[O-])ccc1NC(=O)c1ccnc(N)c1F. The van der Waals surface area contributed by atoms with Gasteiger partial charge < -0.3 is 11.1 Å². The summed E-state index contributed by atoms with van der Waals surface area (Å²) in [6.07, 6.45) is 1.22. The van der Waals surface area contributed by atoms with Gasteiger partial charge in [-0.1, -0.05) is 0 Å². The first kappa shape index (κ1) is 14.4. The Kier molecular flexibility index (Phi) is 3.79. The summed E-state index contributed by atoms with van der Waals surface area (Å²) in [7, 11) is 0. The van der Waals surface area contributed by atoms with Crippen molar-refractivity contribution in [3.8, 4) is 0 Å². The largest absolute Gasteiger partial charge is 0.381 e. The lowest BCUT2D eigenvalue weighted by atomic mass is 10.1. The third kappa shape index (κ3) is 2.94. The third-order valence-corrected chi connectivity index (χ3v) is 2.83. The maximum Gasteiger partial charge on any atom is 0.269 e. The minimum absolute atomic E-state index is 0.0927. The summed E-state index contributed by atoms with van der Waals surface area (Å²) in [4.78, 5) is 25.6. The number of nitrogens with one attached hydrogen (secondary N) is 1. The molecular formula is C13H11FN4O3. The molecule has 7 nitrogen and oxygen atoms in total. The van der Waals surface area contributed by atoms with Gasteiger partial charge in [-0.05, 0) is 24.6 Å². The molecule has 1 amide bonds. The van der Waals surface area contributed by atoms with Gasteiger partial charge in [-0.2, -0.15) is 0 Å². The fourth-order valence-corrected chi connectivity index (χ4v) is 1.73. The first-order valence-corrected chi connectivity index (χ1v) is 5.86. The number of carbonyl (C=O) groups excluding carboxylic acids is 1. The number of aryl methyl sites for hydroxylation is 1. The Labute approximate surface area is 118 Å². The molecule has 1 heterocycles. The monoisotopic (exact) mass is 290 g/mol. The molecule has 0 spiro atoms. The Bertz CT molecular complexity index is 733. The third-order valence-electron chi connectivity index (χ3n) is 2.83. The Morgan fingerprint density at radius 2 is 2.14 bits per heavy atom. The number of aromatic nitrogens is 1. The molecular weight excluding hydrogens is 279 g/mol. The fourth-order valence-electron chi connectivity index (χ4n) is 1.73. The van der Waals surface area contributed by atoms with Crippen molar-refractivity contribution in [1.29, 1.82) is 0 Å². The first-order valence-electron chi connectivity index (χ1n) is 5.86. The van der Waals surface area contributed by atoms with Crippen LogP contribution in [0, 0.1) is 22.9 Å². The molecule has 1 aromatic carbocycles. The number of nitrogen functional groups attached to an aromatic ring is 1. The molecule has 0 radical (unpaired) electrons. The zero-order valence-electron chi connectivity index (χ0n) is 11.0. The number of nitro groups is 1. The summed E-state index contributed by atoms with van der Waals surface area (Å²) in [6, 6.07) is 5.14. The molecule has 108 valence electrons. The average molecular weight is 290 g/mol. The Morgan fingerprint density at radius 1 is 1.43 bits per heavy atom. The number of halogens is 1. The molecule has 0 aliphatic heterocycles. The zero-order valence-corrected chi connectivity index (χ0v) is 11.0. The number of non-ortho nitro benzene ring substituents is 1. The van der Waals surface area contributed by atoms with Crippen molar-refractivity contribution in [2.45, 2.75) is 6.92 Å². The number of hydrogen-bond acceptors (Lipinski definition) is 5. The van der Waals surface area contributed by atoms with Crippen LogP contribution < -0.4 is 11.1 Å². The zero-order chi connectivity index (χ0) is 15.6. The van der Waals surface area contributed by atoms with E-state index in [-0.39, 0.29) is 17.1 Å². The van der Waals surface area contributed by atoms with Gasteiger partial charge in [0.2, 0.25) is 0 Å². The second kappa shape index (κ2) is 5.53. The Hall–Kier alpha value is -3.03. The number of rotatable bonds is 3. The van der Waals surface area contributed by atoms with Crippen molar-refractivity contribution in [2.75, 3.05) is 11.1 Å². The fraction of sp³-hybridized carbons (Fsp3) is 0.0769. The summed E-state index contributed by atoms with van der Waals surface area (Å²) in [6.45, 7) is 1.60. The number of benzene rings is 1. The lowest BCUT2D eigenvalue weighted by Gasteiger charge is -2.09. The van der Waals surface area contributed by atoms with Crippen LogP contribution in [0.2, 0.25) is 0 Å². The highest BCUT2D eigenvalue weighted by Gasteiger charge is 2.16. The summed E-state index contributed by atoms with van der Waals surface area (Å²) in [5, 5.41) is 13.1. The Morgan fingerprint density at radius 3 is 2.76 bits per heavy atom. The number of hydrogen-bond donors (Lipinski definition) is 2. The standard InChI is InChI=1S/C13H11FN4O3/c1-7-6-8(18(20)21)2-3-10(7)17-13(19)9-4-5-16-12(15)11(9)14/h2-6H,1H3,(H2,15,16)(H,17,19). The van der Waals surface area contributed by atoms with Gasteiger partial charge in [-0.3, -0.25) is 14.9 Å². The van der Waals surface area contributed by atoms with E-state index in [1.165, 1.54) is 30.5 Å². The highest BCUT2D eigenvalue weighted by atomic mass is 19.1. The minimum Gasteiger partial charge on any atom is -0.381 e. The van der Waals surface area contributed by atoms with Gasteiger partial charge in [-0.25, -0.2) is 9.37 Å². The molecule has 3 N–H and O–H groups in total. The maximum atomic E-state index is 13.7. The molecule has 0 aliphatic rings. The Balaban J connectivity index is 2.28. The minimum atomic E-state index is -0.908. The normalized spacial score (nSPS) is 10.2. The van der Waals surface area contributed by atoms with E-state index in [0.29, 0.717) is 11.3 Å². The number of nitrogens with zero attached hydrogens (tertiary/aromatic N) is 2. The number of anilines is 2. The molecule has 0 saturated carbocycles. The van der Waals surface area contributed by atoms with Crippen molar-refractivity contribution in [3.63, 3.8) is 0 Å². The average Bonchev–Trinajstić information content (AvgIpc) is 2.43. The van der Waals surface area contributed by atoms with E-state index >= 15 is 0 Å². The first-order chi connectivity index (χ1) is 9.90. The van der Waals surface area contributed by atoms with Gasteiger partial charge in [-0.15, -0.1) is 0 Å². The van der Waals surface area contributed by atoms with Crippen molar-refractivity contribution in [3.05, 3.63) is 57.5 Å². The van der Waals surface area contributed by atoms with Crippen LogP contribution in [0.15, 0.2) is 30.5 Å². The molecule has 0 fully saturated rings. The van der Waals surface area contributed by atoms with E-state index in [1.807, 2.05) is 0 Å². The van der Waals surface area contributed by atoms with E-state index in [0.717, 1.165) is 0 Å². The van der Waals surface area contributed by atoms with E-state index in [1.54, 1.807) is 6.92 Å². The van der Waals surface area contributed by atoms with Gasteiger partial charge in [0.25, 0.3) is 11.6 Å². The molecule has 0 unspecified atom stereocenters. The maximum absolute atomic E-state index is 13.7. The number of nitro benzene ring substituents is 1. The van der Waals surface area contributed by atoms with Crippen LogP contribution in [0.3, 0.4) is 0 Å². The van der Waals surface area contributed by atoms with Crippen LogP contribution >= 0.6 is 0 Å². The molecule has 0 saturated heterocycles. The van der Waals surface area contributed by atoms with Gasteiger partial charge in [0.15, 0.2) is 11.6 Å². The molecule has 0 bridgehead atoms. The highest BCUT2D eigenvalue weighted by molar-refractivity contribution is 6.05. The molecule has 0 aliphatic carbocycles. The van der Waals surface area contributed by atoms with E-state index in [2.05, 4.69) is 10.3 Å². The van der Waals surface area contributed by atoms with Gasteiger partial charge in [0, 0.05) is 24.0 Å². The molecule has 2 aromatic rings. The summed E-state index contributed by atoms with van der Waals surface area (Å²) in [5.41, 5.74) is 5.78. The van der Waals surface area contributed by atoms with Crippen LogP contribution in [-0.4, -0.2) is 15.8 Å². The van der Waals surface area contributed by atoms with Crippen molar-refractivity contribution < 1.29 is 14.1 Å². The lowest BCUT2D eigenvalue weighted by Crippen LogP contribution is -2.16. The smallest absolute Gasteiger partial charge is 0.269 e. The quantitative estimate of drug-likeness (QED) is 0.665. The highest BCUT2D eigenvalue weighted by Crippen LogP contribution is 2.22. The number of nitrogens with two attached hydrogens (primary N) is 1. The molecule has 8 heteroatoms. The van der Waals surface area contributed by atoms with Gasteiger partial charge >= 0.3 is 0 Å². The molecule has 2 rings (SSSR count). The second-order valence-electron chi connectivity index (χ2n) is 4.27. The molecule has 1 aromatic heterocycles. The van der Waals surface area contributed by atoms with Gasteiger partial charge in [0.1, 0.15) is 0 Å². The lowest BCUT2D eigenvalue weighted by molar-refractivity contribution is -0.384. The summed E-state index contributed by atoms with van der Waals surface area (Å²) >= 11 is 0. The van der Waals surface area contributed by atoms with Crippen LogP contribution in [0.5, 0.6) is 0 Å². The van der Waals surface area contributed by atoms with Crippen molar-refractivity contribution in [1.82, 2.24) is 4.98 Å². The summed E-state index contributed by atoms with van der Waals surface area (Å²) < 4.78 is 13.7. The van der Waals surface area contributed by atoms with Crippen molar-refractivity contribution in [2.24, 2.45) is 0 Å². The molecule has 21 heavy (non-hydrogen) atoms. The van der Waals surface area contributed by atoms with Crippen LogP contribution in [-0.2, 0) is 0 Å². The summed E-state index contributed by atoms with van der Waals surface area (Å²) in [5.74, 6) is -1.99. The number of amides is 1. The predicted octanol–water partition coefficient (Wildman–Crippen LogP) is 2.27. The van der Waals surface area contributed by atoms with Crippen molar-refractivity contribution >= 4 is 23.1 Å². The van der Waals surface area contributed by atoms with Crippen LogP contribution in [0.1, 0.15) is 15.9 Å². The second-order valence-corrected chi connectivity index (χ2v) is 4.27. The number of pyridine rings is 1. The van der Waals surface area contributed by atoms with Crippen LogP contribution in [0.25, 0.3) is 0 Å². The molecule has 0 atom stereocenters. The number of carbonyl (C=O) groups is 1. The topological polar surface area (TPSA) is 111 Å². The van der Waals surface area contributed by atoms with Crippen LogP contribution in [0.4, 0.5) is 21.6 Å². The van der Waals surface area contributed by atoms with Gasteiger partial charge in [0.05, 0.1) is 10.5 Å². The van der Waals surface area contributed by atoms with E-state index < -0.39 is 16.6 Å². The predicted molar refractivity (Wildman–Crippen MR) is 74.4 cm³/mol. The van der Waals surface area contributed by atoms with E-state index in [9.17, 15) is 19.3 Å². The van der Waals surface area contributed by atoms with E-state index in [4.69, 9.17) is 5.73 Å².